The first-order chi connectivity index (χ1) is 19.4. The molecule has 0 amide bonds. The fourth-order valence-electron chi connectivity index (χ4n) is 4.63. The minimum Gasteiger partial charge on any atom is -0.493 e. The summed E-state index contributed by atoms with van der Waals surface area (Å²) >= 11 is 0. The quantitative estimate of drug-likeness (QED) is 0.185. The van der Waals surface area contributed by atoms with Crippen LogP contribution in [0.4, 0.5) is 0 Å². The van der Waals surface area contributed by atoms with Gasteiger partial charge in [-0.2, -0.15) is 0 Å². The number of oxazole rings is 1. The van der Waals surface area contributed by atoms with Gasteiger partial charge in [0.05, 0.1) is 12.3 Å². The summed E-state index contributed by atoms with van der Waals surface area (Å²) in [4.78, 5) is 4.79. The van der Waals surface area contributed by atoms with E-state index in [0.29, 0.717) is 31.1 Å². The van der Waals surface area contributed by atoms with Crippen LogP contribution in [0.2, 0.25) is 0 Å². The number of benzene rings is 4. The first-order valence-electron chi connectivity index (χ1n) is 13.3. The van der Waals surface area contributed by atoms with Crippen molar-refractivity contribution in [3.63, 3.8) is 0 Å². The summed E-state index contributed by atoms with van der Waals surface area (Å²) in [6, 6.07) is 35.0. The highest BCUT2D eigenvalue weighted by Crippen LogP contribution is 2.32. The summed E-state index contributed by atoms with van der Waals surface area (Å²) in [5.74, 6) is 2.67. The number of aryl methyl sites for hydroxylation is 1. The molecule has 0 saturated carbocycles. The van der Waals surface area contributed by atoms with Gasteiger partial charge in [-0.3, -0.25) is 0 Å². The molecule has 1 unspecified atom stereocenters. The summed E-state index contributed by atoms with van der Waals surface area (Å²) in [6.45, 7) is 4.05. The lowest BCUT2D eigenvalue weighted by molar-refractivity contribution is -0.162. The maximum absolute atomic E-state index is 10.0. The fraction of sp³-hybridized carbons (Fsp3) is 0.206. The number of aliphatic hydroxyl groups excluding tert-OH is 1. The molecule has 0 aliphatic rings. The molecule has 0 bridgehead atoms. The van der Waals surface area contributed by atoms with E-state index >= 15 is 0 Å². The van der Waals surface area contributed by atoms with Crippen LogP contribution >= 0.6 is 0 Å². The van der Waals surface area contributed by atoms with Crippen molar-refractivity contribution in [3.8, 4) is 34.1 Å². The van der Waals surface area contributed by atoms with Gasteiger partial charge in [0.15, 0.2) is 11.9 Å². The second-order valence-electron chi connectivity index (χ2n) is 9.95. The van der Waals surface area contributed by atoms with Crippen LogP contribution in [0.3, 0.4) is 0 Å². The molecular formula is C34H33NO5. The zero-order valence-electron chi connectivity index (χ0n) is 22.7. The molecule has 1 aromatic heterocycles. The number of rotatable bonds is 11. The first kappa shape index (κ1) is 27.2. The van der Waals surface area contributed by atoms with Gasteiger partial charge in [-0.25, -0.2) is 4.98 Å². The summed E-state index contributed by atoms with van der Waals surface area (Å²) in [6.07, 6.45) is -0.742. The molecule has 5 rings (SSSR count). The SMILES string of the molecule is Cc1oc(-c2ccccc2-c2ccccc2)nc1CCOc1ccc(CC(C)(Oc2ccccc2)C(O)O)cc1. The maximum Gasteiger partial charge on any atom is 0.227 e. The van der Waals surface area contributed by atoms with Crippen molar-refractivity contribution in [1.29, 1.82) is 0 Å². The van der Waals surface area contributed by atoms with Crippen LogP contribution in [0.5, 0.6) is 11.5 Å². The van der Waals surface area contributed by atoms with Crippen LogP contribution in [0, 0.1) is 6.92 Å². The topological polar surface area (TPSA) is 85.0 Å². The average molecular weight is 536 g/mol. The van der Waals surface area contributed by atoms with Gasteiger partial charge in [0, 0.05) is 18.4 Å². The first-order valence-corrected chi connectivity index (χ1v) is 13.3. The van der Waals surface area contributed by atoms with Crippen molar-refractivity contribution in [3.05, 3.63) is 126 Å². The molecule has 0 aliphatic heterocycles. The van der Waals surface area contributed by atoms with Crippen LogP contribution in [0.1, 0.15) is 23.9 Å². The molecule has 5 aromatic rings. The number of aromatic nitrogens is 1. The Labute approximate surface area is 234 Å². The lowest BCUT2D eigenvalue weighted by atomic mass is 9.95. The standard InChI is InChI=1S/C34H33NO5/c1-24-31(35-32(39-24)30-16-10-9-15-29(30)26-11-5-3-6-12-26)21-22-38-27-19-17-25(18-20-27)23-34(2,33(36)37)40-28-13-7-4-8-14-28/h3-20,33,36-37H,21-23H2,1-2H3. The molecule has 204 valence electrons. The van der Waals surface area contributed by atoms with E-state index in [2.05, 4.69) is 18.2 Å². The number of para-hydroxylation sites is 1. The van der Waals surface area contributed by atoms with Crippen LogP contribution in [0.25, 0.3) is 22.6 Å². The molecule has 0 radical (unpaired) electrons. The molecule has 1 heterocycles. The van der Waals surface area contributed by atoms with Gasteiger partial charge in [0.25, 0.3) is 0 Å². The Hall–Kier alpha value is -4.39. The second-order valence-corrected chi connectivity index (χ2v) is 9.95. The average Bonchev–Trinajstić information content (AvgIpc) is 3.35. The van der Waals surface area contributed by atoms with Gasteiger partial charge in [0.2, 0.25) is 5.89 Å². The van der Waals surface area contributed by atoms with E-state index in [-0.39, 0.29) is 0 Å². The summed E-state index contributed by atoms with van der Waals surface area (Å²) in [5.41, 5.74) is 3.70. The van der Waals surface area contributed by atoms with Gasteiger partial charge in [-0.1, -0.05) is 78.9 Å². The number of hydrogen-bond donors (Lipinski definition) is 2. The minimum atomic E-state index is -1.65. The Kier molecular flexibility index (Phi) is 8.29. The second kappa shape index (κ2) is 12.2. The minimum absolute atomic E-state index is 0.311. The third-order valence-corrected chi connectivity index (χ3v) is 6.86. The Bertz CT molecular complexity index is 1510. The molecule has 4 aromatic carbocycles. The normalized spacial score (nSPS) is 12.7. The van der Waals surface area contributed by atoms with Gasteiger partial charge < -0.3 is 24.1 Å². The zero-order chi connectivity index (χ0) is 28.0. The molecule has 2 N–H and O–H groups in total. The van der Waals surface area contributed by atoms with E-state index in [9.17, 15) is 10.2 Å². The van der Waals surface area contributed by atoms with Crippen molar-refractivity contribution < 1.29 is 24.1 Å². The number of hydrogen-bond acceptors (Lipinski definition) is 6. The van der Waals surface area contributed by atoms with Crippen molar-refractivity contribution in [2.75, 3.05) is 6.61 Å². The lowest BCUT2D eigenvalue weighted by Crippen LogP contribution is -2.46. The van der Waals surface area contributed by atoms with Crippen molar-refractivity contribution in [2.45, 2.75) is 38.6 Å². The number of nitrogens with zero attached hydrogens (tertiary/aromatic N) is 1. The van der Waals surface area contributed by atoms with Gasteiger partial charge in [0.1, 0.15) is 17.3 Å². The highest BCUT2D eigenvalue weighted by molar-refractivity contribution is 5.80. The molecule has 40 heavy (non-hydrogen) atoms. The highest BCUT2D eigenvalue weighted by atomic mass is 16.6. The largest absolute Gasteiger partial charge is 0.493 e. The molecule has 0 fully saturated rings. The zero-order valence-corrected chi connectivity index (χ0v) is 22.7. The smallest absolute Gasteiger partial charge is 0.227 e. The summed E-state index contributed by atoms with van der Waals surface area (Å²) < 4.78 is 18.0. The third kappa shape index (κ3) is 6.42. The summed E-state index contributed by atoms with van der Waals surface area (Å²) in [7, 11) is 0. The molecule has 6 heteroatoms. The molecular weight excluding hydrogens is 502 g/mol. The fourth-order valence-corrected chi connectivity index (χ4v) is 4.63. The third-order valence-electron chi connectivity index (χ3n) is 6.86. The predicted molar refractivity (Wildman–Crippen MR) is 155 cm³/mol. The maximum atomic E-state index is 10.0. The molecule has 0 spiro atoms. The van der Waals surface area contributed by atoms with E-state index < -0.39 is 11.9 Å². The highest BCUT2D eigenvalue weighted by Gasteiger charge is 2.34. The lowest BCUT2D eigenvalue weighted by Gasteiger charge is -2.32. The Morgan fingerprint density at radius 1 is 0.775 bits per heavy atom. The number of ether oxygens (including phenoxy) is 2. The van der Waals surface area contributed by atoms with Crippen LogP contribution in [0.15, 0.2) is 114 Å². The van der Waals surface area contributed by atoms with E-state index in [1.165, 1.54) is 0 Å². The van der Waals surface area contributed by atoms with Crippen LogP contribution in [-0.4, -0.2) is 33.7 Å². The molecule has 1 atom stereocenters. The van der Waals surface area contributed by atoms with Gasteiger partial charge >= 0.3 is 0 Å². The molecule has 0 saturated heterocycles. The van der Waals surface area contributed by atoms with Crippen molar-refractivity contribution in [1.82, 2.24) is 4.98 Å². The van der Waals surface area contributed by atoms with Gasteiger partial charge in [-0.05, 0) is 60.9 Å². The van der Waals surface area contributed by atoms with E-state index in [0.717, 1.165) is 39.5 Å². The van der Waals surface area contributed by atoms with E-state index in [1.807, 2.05) is 85.8 Å². The summed E-state index contributed by atoms with van der Waals surface area (Å²) in [5, 5.41) is 20.1. The van der Waals surface area contributed by atoms with Crippen molar-refractivity contribution >= 4 is 0 Å². The predicted octanol–water partition coefficient (Wildman–Crippen LogP) is 6.63. The number of aliphatic hydroxyl groups is 2. The Morgan fingerprint density at radius 3 is 2.08 bits per heavy atom. The monoisotopic (exact) mass is 535 g/mol. The molecule has 0 aliphatic carbocycles. The van der Waals surface area contributed by atoms with Crippen molar-refractivity contribution in [2.24, 2.45) is 0 Å². The van der Waals surface area contributed by atoms with E-state index in [1.54, 1.807) is 19.1 Å². The van der Waals surface area contributed by atoms with Crippen LogP contribution < -0.4 is 9.47 Å². The van der Waals surface area contributed by atoms with Crippen LogP contribution in [-0.2, 0) is 12.8 Å². The molecule has 6 nitrogen and oxygen atoms in total. The Balaban J connectivity index is 1.21. The van der Waals surface area contributed by atoms with Gasteiger partial charge in [-0.15, -0.1) is 0 Å². The Morgan fingerprint density at radius 2 is 1.40 bits per heavy atom. The van der Waals surface area contributed by atoms with E-state index in [4.69, 9.17) is 18.9 Å².